The number of esters is 1. The van der Waals surface area contributed by atoms with E-state index >= 15 is 0 Å². The normalized spacial score (nSPS) is 12.8. The number of phenols is 1. The van der Waals surface area contributed by atoms with Crippen molar-refractivity contribution in [2.24, 2.45) is 0 Å². The molecule has 0 radical (unpaired) electrons. The lowest BCUT2D eigenvalue weighted by Gasteiger charge is -2.28. The largest absolute Gasteiger partial charge is 0.507 e. The number of hydrogen-bond donors (Lipinski definition) is 1. The van der Waals surface area contributed by atoms with Gasteiger partial charge in [0.05, 0.1) is 6.61 Å². The van der Waals surface area contributed by atoms with Crippen molar-refractivity contribution in [1.82, 2.24) is 5.16 Å². The van der Waals surface area contributed by atoms with Gasteiger partial charge in [0.2, 0.25) is 0 Å². The number of aromatic hydroxyl groups is 1. The molecule has 0 saturated carbocycles. The maximum Gasteiger partial charge on any atom is 0.332 e. The van der Waals surface area contributed by atoms with Crippen LogP contribution in [0.15, 0.2) is 22.7 Å². The maximum atomic E-state index is 11.6. The van der Waals surface area contributed by atoms with Gasteiger partial charge < -0.3 is 19.1 Å². The average Bonchev–Trinajstić information content (AvgIpc) is 3.09. The molecule has 6 heteroatoms. The zero-order valence-corrected chi connectivity index (χ0v) is 19.7. The highest BCUT2D eigenvalue weighted by Crippen LogP contribution is 2.42. The van der Waals surface area contributed by atoms with E-state index in [9.17, 15) is 9.90 Å². The van der Waals surface area contributed by atoms with Crippen molar-refractivity contribution >= 4 is 5.97 Å². The van der Waals surface area contributed by atoms with E-state index in [0.717, 1.165) is 16.7 Å². The highest BCUT2D eigenvalue weighted by molar-refractivity contribution is 5.70. The van der Waals surface area contributed by atoms with Gasteiger partial charge in [0.1, 0.15) is 23.7 Å². The molecule has 0 aliphatic heterocycles. The summed E-state index contributed by atoms with van der Waals surface area (Å²) in [5, 5.41) is 15.2. The monoisotopic (exact) mass is 417 g/mol. The molecule has 2 aromatic rings. The molecule has 166 valence electrons. The zero-order chi connectivity index (χ0) is 22.9. The van der Waals surface area contributed by atoms with Gasteiger partial charge in [-0.15, -0.1) is 0 Å². The van der Waals surface area contributed by atoms with Gasteiger partial charge in [0.25, 0.3) is 0 Å². The Morgan fingerprint density at radius 2 is 1.53 bits per heavy atom. The summed E-state index contributed by atoms with van der Waals surface area (Å²) in [6.45, 7) is 17.9. The summed E-state index contributed by atoms with van der Waals surface area (Å²) in [6.07, 6.45) is 0. The minimum atomic E-state index is -0.853. The SMILES string of the molecule is CCOC(=O)COC(C)(C)c1cc(-c2cc(C(C)(C)C)c(O)c(C(C)(C)C)c2)no1. The van der Waals surface area contributed by atoms with E-state index in [1.807, 2.05) is 32.0 Å². The molecule has 0 amide bonds. The molecule has 0 saturated heterocycles. The number of ether oxygens (including phenoxy) is 2. The summed E-state index contributed by atoms with van der Waals surface area (Å²) in [5.41, 5.74) is 1.88. The number of carbonyl (C=O) groups is 1. The molecule has 2 rings (SSSR count). The quantitative estimate of drug-likeness (QED) is 0.629. The number of aromatic nitrogens is 1. The molecule has 0 atom stereocenters. The molecule has 1 heterocycles. The summed E-state index contributed by atoms with van der Waals surface area (Å²) < 4.78 is 16.2. The maximum absolute atomic E-state index is 11.6. The highest BCUT2D eigenvalue weighted by atomic mass is 16.6. The molecular weight excluding hydrogens is 382 g/mol. The molecule has 0 unspecified atom stereocenters. The van der Waals surface area contributed by atoms with E-state index in [1.54, 1.807) is 6.92 Å². The van der Waals surface area contributed by atoms with Gasteiger partial charge in [-0.25, -0.2) is 4.79 Å². The van der Waals surface area contributed by atoms with Crippen LogP contribution in [0.5, 0.6) is 5.75 Å². The second-order valence-electron chi connectivity index (χ2n) is 10.1. The van der Waals surface area contributed by atoms with Gasteiger partial charge in [-0.3, -0.25) is 0 Å². The Morgan fingerprint density at radius 1 is 1.00 bits per heavy atom. The second kappa shape index (κ2) is 8.42. The van der Waals surface area contributed by atoms with E-state index in [0.29, 0.717) is 23.8 Å². The lowest BCUT2D eigenvalue weighted by molar-refractivity contribution is -0.155. The fourth-order valence-corrected chi connectivity index (χ4v) is 3.13. The van der Waals surface area contributed by atoms with Gasteiger partial charge in [0.15, 0.2) is 5.76 Å². The van der Waals surface area contributed by atoms with Crippen LogP contribution in [-0.4, -0.2) is 29.4 Å². The number of hydrogen-bond acceptors (Lipinski definition) is 6. The number of nitrogens with zero attached hydrogens (tertiary/aromatic N) is 1. The fraction of sp³-hybridized carbons (Fsp3) is 0.583. The van der Waals surface area contributed by atoms with Crippen LogP contribution in [0.4, 0.5) is 0 Å². The third-order valence-corrected chi connectivity index (χ3v) is 4.98. The summed E-state index contributed by atoms with van der Waals surface area (Å²) in [7, 11) is 0. The molecule has 1 aromatic heterocycles. The first-order chi connectivity index (χ1) is 13.7. The first kappa shape index (κ1) is 23.9. The van der Waals surface area contributed by atoms with Crippen molar-refractivity contribution in [1.29, 1.82) is 0 Å². The van der Waals surface area contributed by atoms with E-state index in [4.69, 9.17) is 14.0 Å². The van der Waals surface area contributed by atoms with Crippen LogP contribution in [0, 0.1) is 0 Å². The molecule has 0 aliphatic rings. The molecule has 0 fully saturated rings. The topological polar surface area (TPSA) is 81.8 Å². The van der Waals surface area contributed by atoms with Gasteiger partial charge in [0, 0.05) is 22.8 Å². The summed E-state index contributed by atoms with van der Waals surface area (Å²) in [4.78, 5) is 11.6. The molecule has 6 nitrogen and oxygen atoms in total. The van der Waals surface area contributed by atoms with E-state index in [2.05, 4.69) is 46.7 Å². The minimum absolute atomic E-state index is 0.168. The van der Waals surface area contributed by atoms with Crippen molar-refractivity contribution < 1.29 is 23.9 Å². The number of carbonyl (C=O) groups excluding carboxylic acids is 1. The van der Waals surface area contributed by atoms with Crippen LogP contribution in [0.3, 0.4) is 0 Å². The summed E-state index contributed by atoms with van der Waals surface area (Å²) in [5.74, 6) is 0.401. The summed E-state index contributed by atoms with van der Waals surface area (Å²) >= 11 is 0. The molecular formula is C24H35NO5. The van der Waals surface area contributed by atoms with Crippen molar-refractivity contribution in [2.75, 3.05) is 13.2 Å². The predicted molar refractivity (Wildman–Crippen MR) is 117 cm³/mol. The lowest BCUT2D eigenvalue weighted by atomic mass is 9.78. The van der Waals surface area contributed by atoms with Gasteiger partial charge in [-0.2, -0.15) is 0 Å². The lowest BCUT2D eigenvalue weighted by Crippen LogP contribution is -2.25. The van der Waals surface area contributed by atoms with Gasteiger partial charge >= 0.3 is 5.97 Å². The summed E-state index contributed by atoms with van der Waals surface area (Å²) in [6, 6.07) is 5.73. The predicted octanol–water partition coefficient (Wildman–Crippen LogP) is 5.46. The van der Waals surface area contributed by atoms with Crippen LogP contribution >= 0.6 is 0 Å². The van der Waals surface area contributed by atoms with Gasteiger partial charge in [-0.05, 0) is 43.7 Å². The molecule has 1 N–H and O–H groups in total. The number of benzene rings is 1. The second-order valence-corrected chi connectivity index (χ2v) is 10.1. The molecule has 0 aliphatic carbocycles. The van der Waals surface area contributed by atoms with E-state index in [-0.39, 0.29) is 17.4 Å². The zero-order valence-electron chi connectivity index (χ0n) is 19.7. The van der Waals surface area contributed by atoms with Crippen molar-refractivity contribution in [3.63, 3.8) is 0 Å². The fourth-order valence-electron chi connectivity index (χ4n) is 3.13. The number of rotatable bonds is 6. The molecule has 0 spiro atoms. The van der Waals surface area contributed by atoms with Crippen LogP contribution < -0.4 is 0 Å². The minimum Gasteiger partial charge on any atom is -0.507 e. The van der Waals surface area contributed by atoms with Gasteiger partial charge in [-0.1, -0.05) is 46.7 Å². The van der Waals surface area contributed by atoms with Crippen LogP contribution in [0.2, 0.25) is 0 Å². The van der Waals surface area contributed by atoms with E-state index < -0.39 is 11.6 Å². The van der Waals surface area contributed by atoms with Crippen LogP contribution in [0.1, 0.15) is 79.2 Å². The number of phenolic OH excluding ortho intramolecular Hbond substituents is 1. The average molecular weight is 418 g/mol. The smallest absolute Gasteiger partial charge is 0.332 e. The Hall–Kier alpha value is -2.34. The Balaban J connectivity index is 2.44. The van der Waals surface area contributed by atoms with Crippen LogP contribution in [0.25, 0.3) is 11.3 Å². The van der Waals surface area contributed by atoms with Crippen molar-refractivity contribution in [3.05, 3.63) is 35.1 Å². The highest BCUT2D eigenvalue weighted by Gasteiger charge is 2.30. The first-order valence-electron chi connectivity index (χ1n) is 10.3. The first-order valence-corrected chi connectivity index (χ1v) is 10.3. The Bertz CT molecular complexity index is 862. The molecule has 30 heavy (non-hydrogen) atoms. The Morgan fingerprint density at radius 3 is 2.00 bits per heavy atom. The Kier molecular flexibility index (Phi) is 6.72. The van der Waals surface area contributed by atoms with Crippen molar-refractivity contribution in [2.45, 2.75) is 78.7 Å². The molecule has 1 aromatic carbocycles. The Labute approximate surface area is 179 Å². The van der Waals surface area contributed by atoms with E-state index in [1.165, 1.54) is 0 Å². The van der Waals surface area contributed by atoms with Crippen molar-refractivity contribution in [3.8, 4) is 17.0 Å². The third-order valence-electron chi connectivity index (χ3n) is 4.98. The third kappa shape index (κ3) is 5.42. The standard InChI is InChI=1S/C24H35NO5/c1-10-28-20(26)14-29-24(8,9)19-13-18(25-30-19)15-11-16(22(2,3)4)21(27)17(12-15)23(5,6)7/h11-13,27H,10,14H2,1-9H3. The molecule has 0 bridgehead atoms. The van der Waals surface area contributed by atoms with Crippen LogP contribution in [-0.2, 0) is 30.7 Å².